The smallest absolute Gasteiger partial charge is 0.475 e. The number of halogens is 3. The molecular weight excluding hydrogens is 191 g/mol. The molecule has 0 heterocycles. The van der Waals surface area contributed by atoms with E-state index >= 15 is 0 Å². The largest absolute Gasteiger partial charge is 0.490 e. The highest BCUT2D eigenvalue weighted by molar-refractivity contribution is 5.73. The van der Waals surface area contributed by atoms with Crippen LogP contribution in [0.15, 0.2) is 0 Å². The van der Waals surface area contributed by atoms with Crippen molar-refractivity contribution in [3.8, 4) is 0 Å². The van der Waals surface area contributed by atoms with E-state index in [1.807, 2.05) is 7.05 Å². The van der Waals surface area contributed by atoms with Crippen molar-refractivity contribution in [2.24, 2.45) is 0 Å². The third kappa shape index (κ3) is 13.8. The number of hydrogen-bond acceptors (Lipinski definition) is 3. The predicted octanol–water partition coefficient (Wildman–Crippen LogP) is 0.428. The van der Waals surface area contributed by atoms with Crippen LogP contribution >= 0.6 is 0 Å². The fourth-order valence-corrected chi connectivity index (χ4v) is 0.203. The molecule has 0 aromatic heterocycles. The maximum atomic E-state index is 10.6. The Bertz CT molecular complexity index is 158. The van der Waals surface area contributed by atoms with E-state index in [0.29, 0.717) is 6.42 Å². The molecule has 0 bridgehead atoms. The van der Waals surface area contributed by atoms with E-state index in [1.54, 1.807) is 0 Å². The van der Waals surface area contributed by atoms with Gasteiger partial charge in [0.2, 0.25) is 0 Å². The molecule has 7 heteroatoms. The molecule has 0 aliphatic carbocycles. The number of carbonyl (C=O) groups excluding carboxylic acids is 1. The molecule has 0 fully saturated rings. The van der Waals surface area contributed by atoms with Crippen molar-refractivity contribution >= 4 is 12.3 Å². The quantitative estimate of drug-likeness (QED) is 0.513. The number of carbonyl (C=O) groups is 2. The van der Waals surface area contributed by atoms with Crippen LogP contribution in [-0.4, -0.2) is 37.1 Å². The molecular formula is C6H10F3NO3. The van der Waals surface area contributed by atoms with Crippen LogP contribution in [0.4, 0.5) is 13.2 Å². The lowest BCUT2D eigenvalue weighted by molar-refractivity contribution is -0.192. The van der Waals surface area contributed by atoms with Gasteiger partial charge in [0.05, 0.1) is 0 Å². The average molecular weight is 201 g/mol. The minimum atomic E-state index is -5.08. The van der Waals surface area contributed by atoms with Crippen molar-refractivity contribution in [3.05, 3.63) is 0 Å². The van der Waals surface area contributed by atoms with Gasteiger partial charge in [0.15, 0.2) is 0 Å². The molecule has 0 aliphatic rings. The van der Waals surface area contributed by atoms with Crippen LogP contribution in [0.5, 0.6) is 0 Å². The van der Waals surface area contributed by atoms with Crippen molar-refractivity contribution in [2.45, 2.75) is 12.6 Å². The summed E-state index contributed by atoms with van der Waals surface area (Å²) in [5.41, 5.74) is 0. The van der Waals surface area contributed by atoms with E-state index < -0.39 is 12.1 Å². The molecule has 2 N–H and O–H groups in total. The molecule has 4 nitrogen and oxygen atoms in total. The molecule has 0 aliphatic heterocycles. The minimum Gasteiger partial charge on any atom is -0.475 e. The minimum absolute atomic E-state index is 0.622. The molecule has 13 heavy (non-hydrogen) atoms. The molecule has 0 radical (unpaired) electrons. The van der Waals surface area contributed by atoms with E-state index in [0.717, 1.165) is 12.8 Å². The fraction of sp³-hybridized carbons (Fsp3) is 0.667. The van der Waals surface area contributed by atoms with Gasteiger partial charge in [-0.2, -0.15) is 13.2 Å². The van der Waals surface area contributed by atoms with Gasteiger partial charge in [-0.3, -0.25) is 0 Å². The van der Waals surface area contributed by atoms with Gasteiger partial charge in [-0.1, -0.05) is 0 Å². The Balaban J connectivity index is 0. The number of aliphatic carboxylic acids is 1. The first-order valence-electron chi connectivity index (χ1n) is 3.24. The van der Waals surface area contributed by atoms with Crippen molar-refractivity contribution in [1.29, 1.82) is 0 Å². The lowest BCUT2D eigenvalue weighted by Crippen LogP contribution is -2.21. The number of carboxylic acid groups (broad SMARTS) is 1. The second-order valence-electron chi connectivity index (χ2n) is 1.86. The van der Waals surface area contributed by atoms with Gasteiger partial charge in [-0.25, -0.2) is 4.79 Å². The second kappa shape index (κ2) is 7.53. The number of aldehydes is 1. The summed E-state index contributed by atoms with van der Waals surface area (Å²) < 4.78 is 31.7. The lowest BCUT2D eigenvalue weighted by atomic mass is 10.5. The molecule has 78 valence electrons. The number of alkyl halides is 3. The van der Waals surface area contributed by atoms with Crippen molar-refractivity contribution in [1.82, 2.24) is 5.32 Å². The Morgan fingerprint density at radius 3 is 2.00 bits per heavy atom. The van der Waals surface area contributed by atoms with E-state index in [9.17, 15) is 18.0 Å². The van der Waals surface area contributed by atoms with Gasteiger partial charge in [-0.05, 0) is 7.05 Å². The van der Waals surface area contributed by atoms with Crippen LogP contribution in [0.1, 0.15) is 6.42 Å². The molecule has 0 aromatic carbocycles. The Morgan fingerprint density at radius 1 is 1.54 bits per heavy atom. The summed E-state index contributed by atoms with van der Waals surface area (Å²) in [6, 6.07) is 0. The van der Waals surface area contributed by atoms with Crippen molar-refractivity contribution in [3.63, 3.8) is 0 Å². The summed E-state index contributed by atoms with van der Waals surface area (Å²) >= 11 is 0. The monoisotopic (exact) mass is 201 g/mol. The summed E-state index contributed by atoms with van der Waals surface area (Å²) in [7, 11) is 1.82. The fourth-order valence-electron chi connectivity index (χ4n) is 0.203. The standard InChI is InChI=1S/C4H9NO.C2HF3O2/c1-5-3-2-4-6;3-2(4,5)1(6)7/h4-5H,2-3H2,1H3;(H,6,7). The first-order chi connectivity index (χ1) is 5.86. The van der Waals surface area contributed by atoms with Crippen molar-refractivity contribution in [2.75, 3.05) is 13.6 Å². The number of rotatable bonds is 3. The summed E-state index contributed by atoms with van der Waals surface area (Å²) in [5.74, 6) is -2.76. The van der Waals surface area contributed by atoms with Gasteiger partial charge < -0.3 is 15.2 Å². The van der Waals surface area contributed by atoms with Crippen LogP contribution < -0.4 is 5.32 Å². The van der Waals surface area contributed by atoms with E-state index in [-0.39, 0.29) is 0 Å². The third-order valence-corrected chi connectivity index (χ3v) is 0.755. The highest BCUT2D eigenvalue weighted by atomic mass is 19.4. The summed E-state index contributed by atoms with van der Waals surface area (Å²) in [5, 5.41) is 9.96. The second-order valence-corrected chi connectivity index (χ2v) is 1.86. The molecule has 0 rings (SSSR count). The summed E-state index contributed by atoms with van der Waals surface area (Å²) in [6.07, 6.45) is -3.56. The van der Waals surface area contributed by atoms with Crippen LogP contribution in [0.3, 0.4) is 0 Å². The number of nitrogens with one attached hydrogen (secondary N) is 1. The van der Waals surface area contributed by atoms with Crippen LogP contribution in [-0.2, 0) is 9.59 Å². The molecule has 0 saturated heterocycles. The topological polar surface area (TPSA) is 66.4 Å². The maximum Gasteiger partial charge on any atom is 0.490 e. The van der Waals surface area contributed by atoms with Crippen molar-refractivity contribution < 1.29 is 27.9 Å². The van der Waals surface area contributed by atoms with Gasteiger partial charge in [-0.15, -0.1) is 0 Å². The van der Waals surface area contributed by atoms with Gasteiger partial charge in [0, 0.05) is 13.0 Å². The lowest BCUT2D eigenvalue weighted by Gasteiger charge is -1.93. The summed E-state index contributed by atoms with van der Waals surface area (Å²) in [4.78, 5) is 18.4. The molecule has 0 spiro atoms. The SMILES string of the molecule is CNCCC=O.O=C(O)C(F)(F)F. The van der Waals surface area contributed by atoms with E-state index in [2.05, 4.69) is 5.32 Å². The summed E-state index contributed by atoms with van der Waals surface area (Å²) in [6.45, 7) is 0.795. The number of carboxylic acids is 1. The predicted molar refractivity (Wildman–Crippen MR) is 38.3 cm³/mol. The molecule has 0 unspecified atom stereocenters. The molecule has 0 atom stereocenters. The van der Waals surface area contributed by atoms with Gasteiger partial charge in [0.25, 0.3) is 0 Å². The molecule has 0 saturated carbocycles. The zero-order valence-electron chi connectivity index (χ0n) is 6.89. The van der Waals surface area contributed by atoms with E-state index in [1.165, 1.54) is 0 Å². The third-order valence-electron chi connectivity index (χ3n) is 0.755. The van der Waals surface area contributed by atoms with Gasteiger partial charge in [0.1, 0.15) is 6.29 Å². The van der Waals surface area contributed by atoms with Crippen LogP contribution in [0.25, 0.3) is 0 Å². The first-order valence-corrected chi connectivity index (χ1v) is 3.24. The highest BCUT2D eigenvalue weighted by Gasteiger charge is 2.38. The zero-order valence-corrected chi connectivity index (χ0v) is 6.89. The molecule has 0 amide bonds. The Labute approximate surface area is 72.7 Å². The number of hydrogen-bond donors (Lipinski definition) is 2. The maximum absolute atomic E-state index is 10.6. The van der Waals surface area contributed by atoms with E-state index in [4.69, 9.17) is 9.90 Å². The molecule has 0 aromatic rings. The average Bonchev–Trinajstić information content (AvgIpc) is 2.00. The Morgan fingerprint density at radius 2 is 1.92 bits per heavy atom. The Hall–Kier alpha value is -1.11. The normalized spacial score (nSPS) is 9.85. The highest BCUT2D eigenvalue weighted by Crippen LogP contribution is 2.13. The Kier molecular flexibility index (Phi) is 8.36. The van der Waals surface area contributed by atoms with Crippen LogP contribution in [0.2, 0.25) is 0 Å². The first kappa shape index (κ1) is 14.4. The zero-order chi connectivity index (χ0) is 10.9. The van der Waals surface area contributed by atoms with Crippen LogP contribution in [0, 0.1) is 0 Å². The van der Waals surface area contributed by atoms with Gasteiger partial charge >= 0.3 is 12.1 Å².